The van der Waals surface area contributed by atoms with Crippen LogP contribution in [0.1, 0.15) is 65.8 Å². The van der Waals surface area contributed by atoms with Crippen LogP contribution in [0.2, 0.25) is 0 Å². The smallest absolute Gasteiger partial charge is 0.404 e. The van der Waals surface area contributed by atoms with Gasteiger partial charge in [-0.3, -0.25) is 19.5 Å². The van der Waals surface area contributed by atoms with Crippen molar-refractivity contribution in [3.63, 3.8) is 0 Å². The Bertz CT molecular complexity index is 2170. The topological polar surface area (TPSA) is 202 Å². The molecule has 326 valence electrons. The number of anilines is 1. The number of alkyl halides is 4. The minimum atomic E-state index is -4.81. The van der Waals surface area contributed by atoms with Gasteiger partial charge in [0.15, 0.2) is 5.82 Å². The highest BCUT2D eigenvalue weighted by Crippen LogP contribution is 2.41. The molecule has 0 bridgehead atoms. The fourth-order valence-corrected chi connectivity index (χ4v) is 7.70. The highest BCUT2D eigenvalue weighted by Gasteiger charge is 2.59. The van der Waals surface area contributed by atoms with E-state index in [4.69, 9.17) is 10.2 Å². The quantitative estimate of drug-likeness (QED) is 0.0730. The SMILES string of the molecule is Cc1cc(C(=O)NC2CCN(C)CC2)ccc1-c1ccc(C[C@H](NC(=O)C2CCC(CNC(=O)O)CC2)C(=O)Nc2ccc(-c3n[nH]c(C(F)(F)C(F)(F)CO)n3)cc2)cc1. The molecule has 18 heteroatoms. The Morgan fingerprint density at radius 3 is 2.18 bits per heavy atom. The standard InChI is InChI=1S/C43H50F4N8O6/c1-25-21-31(38(58)49-33-17-19-55(2)20-18-33)13-16-34(25)28-7-3-26(4-8-28)22-35(51-37(57)30-9-5-27(6-10-30)23-48-41(60)61)39(59)50-32-14-11-29(12-15-32)36-52-40(54-53-36)43(46,47)42(44,45)24-56/h3-4,7-8,11-16,21,27,30,33,35,48,56H,5-6,9-10,17-20,22-24H2,1-2H3,(H,49,58)(H,50,59)(H,51,57)(H,60,61)(H,52,53,54)/t27?,30?,35-/m0/s1. The van der Waals surface area contributed by atoms with Crippen LogP contribution >= 0.6 is 0 Å². The number of nitrogens with one attached hydrogen (secondary N) is 5. The summed E-state index contributed by atoms with van der Waals surface area (Å²) < 4.78 is 55.8. The molecule has 2 fully saturated rings. The minimum Gasteiger partial charge on any atom is -0.465 e. The Morgan fingerprint density at radius 2 is 1.56 bits per heavy atom. The molecule has 3 aromatic carbocycles. The molecule has 6 rings (SSSR count). The number of aliphatic hydroxyl groups is 1. The summed E-state index contributed by atoms with van der Waals surface area (Å²) in [6.07, 6.45) is 3.14. The average molecular weight is 851 g/mol. The zero-order valence-corrected chi connectivity index (χ0v) is 33.8. The number of carbonyl (C=O) groups is 4. The molecule has 0 radical (unpaired) electrons. The second-order valence-electron chi connectivity index (χ2n) is 16.0. The van der Waals surface area contributed by atoms with Crippen molar-refractivity contribution < 1.29 is 47.0 Å². The van der Waals surface area contributed by atoms with E-state index in [1.54, 1.807) is 6.07 Å². The first kappa shape index (κ1) is 44.7. The zero-order chi connectivity index (χ0) is 43.9. The van der Waals surface area contributed by atoms with Gasteiger partial charge in [0.1, 0.15) is 12.6 Å². The van der Waals surface area contributed by atoms with Crippen LogP contribution in [0.5, 0.6) is 0 Å². The van der Waals surface area contributed by atoms with E-state index in [0.29, 0.717) is 37.8 Å². The number of hydrogen-bond acceptors (Lipinski definition) is 8. The van der Waals surface area contributed by atoms with Crippen molar-refractivity contribution in [3.8, 4) is 22.5 Å². The molecule has 4 amide bonds. The van der Waals surface area contributed by atoms with E-state index in [-0.39, 0.29) is 53.2 Å². The molecule has 7 N–H and O–H groups in total. The third-order valence-corrected chi connectivity index (χ3v) is 11.5. The maximum absolute atomic E-state index is 14.3. The number of carbonyl (C=O) groups excluding carboxylic acids is 3. The van der Waals surface area contributed by atoms with E-state index in [2.05, 4.69) is 43.3 Å². The van der Waals surface area contributed by atoms with Gasteiger partial charge in [-0.1, -0.05) is 30.3 Å². The average Bonchev–Trinajstić information content (AvgIpc) is 3.76. The van der Waals surface area contributed by atoms with E-state index in [1.165, 1.54) is 24.3 Å². The van der Waals surface area contributed by atoms with Crippen molar-refractivity contribution in [1.29, 1.82) is 0 Å². The number of aryl methyl sites for hydroxylation is 1. The van der Waals surface area contributed by atoms with Gasteiger partial charge in [-0.2, -0.15) is 22.7 Å². The Labute approximate surface area is 349 Å². The van der Waals surface area contributed by atoms with E-state index < -0.39 is 42.3 Å². The Hall–Kier alpha value is -5.88. The van der Waals surface area contributed by atoms with Crippen molar-refractivity contribution in [2.24, 2.45) is 11.8 Å². The monoisotopic (exact) mass is 850 g/mol. The van der Waals surface area contributed by atoms with Crippen LogP contribution in [0.3, 0.4) is 0 Å². The number of hydrogen-bond donors (Lipinski definition) is 7. The van der Waals surface area contributed by atoms with Crippen LogP contribution in [0.4, 0.5) is 28.0 Å². The van der Waals surface area contributed by atoms with Crippen LogP contribution in [-0.2, 0) is 21.9 Å². The van der Waals surface area contributed by atoms with Gasteiger partial charge in [0.05, 0.1) is 0 Å². The fourth-order valence-electron chi connectivity index (χ4n) is 7.70. The normalized spacial score (nSPS) is 18.2. The number of nitrogens with zero attached hydrogens (tertiary/aromatic N) is 3. The number of rotatable bonds is 15. The Morgan fingerprint density at radius 1 is 0.902 bits per heavy atom. The molecule has 2 heterocycles. The number of halogens is 4. The van der Waals surface area contributed by atoms with Crippen molar-refractivity contribution in [1.82, 2.24) is 36.0 Å². The summed E-state index contributed by atoms with van der Waals surface area (Å²) in [7, 11) is 2.07. The minimum absolute atomic E-state index is 0.100. The van der Waals surface area contributed by atoms with E-state index >= 15 is 0 Å². The van der Waals surface area contributed by atoms with Gasteiger partial charge in [0.25, 0.3) is 5.91 Å². The van der Waals surface area contributed by atoms with Gasteiger partial charge < -0.3 is 36.4 Å². The van der Waals surface area contributed by atoms with Gasteiger partial charge in [-0.05, 0) is 130 Å². The number of aliphatic hydroxyl groups excluding tert-OH is 1. The molecule has 0 unspecified atom stereocenters. The molecule has 1 aromatic heterocycles. The molecule has 1 aliphatic heterocycles. The maximum Gasteiger partial charge on any atom is 0.404 e. The summed E-state index contributed by atoms with van der Waals surface area (Å²) in [6, 6.07) is 17.9. The summed E-state index contributed by atoms with van der Waals surface area (Å²) in [5.74, 6) is -12.6. The number of piperidine rings is 1. The van der Waals surface area contributed by atoms with Gasteiger partial charge in [0, 0.05) is 41.7 Å². The zero-order valence-electron chi connectivity index (χ0n) is 33.8. The summed E-state index contributed by atoms with van der Waals surface area (Å²) in [5.41, 5.74) is 4.52. The molecule has 4 aromatic rings. The van der Waals surface area contributed by atoms with Gasteiger partial charge in [0.2, 0.25) is 17.6 Å². The van der Waals surface area contributed by atoms with Gasteiger partial charge in [-0.25, -0.2) is 9.78 Å². The number of benzene rings is 3. The van der Waals surface area contributed by atoms with Crippen LogP contribution in [0.25, 0.3) is 22.5 Å². The van der Waals surface area contributed by atoms with Crippen molar-refractivity contribution in [3.05, 3.63) is 89.2 Å². The second-order valence-corrected chi connectivity index (χ2v) is 16.0. The molecular formula is C43H50F4N8O6. The van der Waals surface area contributed by atoms with Crippen LogP contribution in [0, 0.1) is 18.8 Å². The fraction of sp³-hybridized carbons (Fsp3) is 0.442. The van der Waals surface area contributed by atoms with Crippen LogP contribution < -0.4 is 21.3 Å². The predicted octanol–water partition coefficient (Wildman–Crippen LogP) is 5.73. The number of H-pyrrole nitrogens is 1. The molecule has 1 aliphatic carbocycles. The van der Waals surface area contributed by atoms with E-state index in [0.717, 1.165) is 48.2 Å². The summed E-state index contributed by atoms with van der Waals surface area (Å²) in [5, 5.41) is 34.4. The van der Waals surface area contributed by atoms with Gasteiger partial charge in [-0.15, -0.1) is 0 Å². The molecule has 14 nitrogen and oxygen atoms in total. The number of amides is 4. The van der Waals surface area contributed by atoms with E-state index in [9.17, 15) is 36.7 Å². The molecule has 2 aliphatic rings. The van der Waals surface area contributed by atoms with E-state index in [1.807, 2.05) is 48.4 Å². The number of aromatic amines is 1. The summed E-state index contributed by atoms with van der Waals surface area (Å²) in [6.45, 7) is 2.01. The van der Waals surface area contributed by atoms with Crippen LogP contribution in [0.15, 0.2) is 66.7 Å². The van der Waals surface area contributed by atoms with Crippen molar-refractivity contribution in [2.45, 2.75) is 75.8 Å². The second kappa shape index (κ2) is 19.2. The molecule has 1 saturated heterocycles. The summed E-state index contributed by atoms with van der Waals surface area (Å²) in [4.78, 5) is 57.2. The maximum atomic E-state index is 14.3. The molecule has 61 heavy (non-hydrogen) atoms. The first-order valence-corrected chi connectivity index (χ1v) is 20.2. The van der Waals surface area contributed by atoms with Gasteiger partial charge >= 0.3 is 17.9 Å². The lowest BCUT2D eigenvalue weighted by atomic mass is 9.81. The largest absolute Gasteiger partial charge is 0.465 e. The number of aromatic nitrogens is 3. The van der Waals surface area contributed by atoms with Crippen molar-refractivity contribution >= 4 is 29.5 Å². The lowest BCUT2D eigenvalue weighted by molar-refractivity contribution is -0.236. The highest BCUT2D eigenvalue weighted by atomic mass is 19.3. The lowest BCUT2D eigenvalue weighted by Crippen LogP contribution is -2.48. The van der Waals surface area contributed by atoms with Crippen LogP contribution in [-0.4, -0.2) is 105 Å². The third-order valence-electron chi connectivity index (χ3n) is 11.5. The first-order valence-electron chi connectivity index (χ1n) is 20.2. The number of carboxylic acid groups (broad SMARTS) is 1. The number of likely N-dealkylation sites (tertiary alicyclic amines) is 1. The molecule has 1 saturated carbocycles. The Kier molecular flexibility index (Phi) is 14.1. The molecule has 1 atom stereocenters. The lowest BCUT2D eigenvalue weighted by Gasteiger charge is -2.29. The summed E-state index contributed by atoms with van der Waals surface area (Å²) >= 11 is 0. The first-order chi connectivity index (χ1) is 29.0. The molecular weight excluding hydrogens is 801 g/mol. The Balaban J connectivity index is 1.14. The third kappa shape index (κ3) is 11.1. The van der Waals surface area contributed by atoms with Crippen molar-refractivity contribution in [2.75, 3.05) is 38.6 Å². The highest BCUT2D eigenvalue weighted by molar-refractivity contribution is 5.98. The molecule has 0 spiro atoms. The predicted molar refractivity (Wildman–Crippen MR) is 218 cm³/mol.